The van der Waals surface area contributed by atoms with Crippen LogP contribution in [0.15, 0.2) is 33.9 Å². The minimum absolute atomic E-state index is 0.0511. The minimum Gasteiger partial charge on any atom is -0.411 e. The first-order chi connectivity index (χ1) is 10.0. The number of rotatable bonds is 6. The van der Waals surface area contributed by atoms with Gasteiger partial charge in [-0.25, -0.2) is 0 Å². The zero-order valence-electron chi connectivity index (χ0n) is 10.7. The number of nitrogens with zero attached hydrogens (tertiary/aromatic N) is 2. The zero-order valence-corrected chi connectivity index (χ0v) is 12.3. The molecule has 1 aromatic carbocycles. The van der Waals surface area contributed by atoms with Gasteiger partial charge in [-0.1, -0.05) is 23.4 Å². The van der Waals surface area contributed by atoms with Gasteiger partial charge in [0, 0.05) is 10.6 Å². The summed E-state index contributed by atoms with van der Waals surface area (Å²) in [5, 5.41) is 10.9. The van der Waals surface area contributed by atoms with E-state index >= 15 is 0 Å². The summed E-state index contributed by atoms with van der Waals surface area (Å²) in [5.74, 6) is -0.553. The fraction of sp³-hybridized carbons (Fsp3) is 0.167. The summed E-state index contributed by atoms with van der Waals surface area (Å²) >= 11 is 6.86. The van der Waals surface area contributed by atoms with Crippen molar-refractivity contribution in [2.24, 2.45) is 5.73 Å². The summed E-state index contributed by atoms with van der Waals surface area (Å²) in [5.41, 5.74) is 5.65. The highest BCUT2D eigenvalue weighted by molar-refractivity contribution is 7.99. The molecule has 0 aliphatic rings. The van der Waals surface area contributed by atoms with Crippen LogP contribution in [0.1, 0.15) is 0 Å². The lowest BCUT2D eigenvalue weighted by Crippen LogP contribution is -2.34. The standard InChI is InChI=1S/C12H11ClN4O3S/c13-8-3-1-7(2-4-8)11-16-17-12(20-11)21-6-10(19)15-5-9(14)18/h1-4H,5-6H2,(H2,14,18)(H,15,19). The summed E-state index contributed by atoms with van der Waals surface area (Å²) in [6.45, 7) is -0.195. The smallest absolute Gasteiger partial charge is 0.277 e. The molecule has 0 radical (unpaired) electrons. The van der Waals surface area contributed by atoms with Crippen LogP contribution < -0.4 is 11.1 Å². The van der Waals surface area contributed by atoms with Crippen molar-refractivity contribution in [1.82, 2.24) is 15.5 Å². The van der Waals surface area contributed by atoms with Crippen LogP contribution in [0.5, 0.6) is 0 Å². The highest BCUT2D eigenvalue weighted by Gasteiger charge is 2.11. The molecule has 0 aliphatic carbocycles. The monoisotopic (exact) mass is 326 g/mol. The van der Waals surface area contributed by atoms with Crippen LogP contribution in [0.4, 0.5) is 0 Å². The van der Waals surface area contributed by atoms with Gasteiger partial charge in [-0.3, -0.25) is 9.59 Å². The molecule has 0 saturated heterocycles. The van der Waals surface area contributed by atoms with E-state index in [0.29, 0.717) is 10.9 Å². The third-order valence-electron chi connectivity index (χ3n) is 2.28. The first-order valence-corrected chi connectivity index (χ1v) is 7.18. The van der Waals surface area contributed by atoms with Gasteiger partial charge in [-0.15, -0.1) is 10.2 Å². The van der Waals surface area contributed by atoms with E-state index in [2.05, 4.69) is 15.5 Å². The Balaban J connectivity index is 1.90. The van der Waals surface area contributed by atoms with E-state index in [4.69, 9.17) is 21.8 Å². The lowest BCUT2D eigenvalue weighted by atomic mass is 10.2. The number of aromatic nitrogens is 2. The normalized spacial score (nSPS) is 10.3. The van der Waals surface area contributed by atoms with Gasteiger partial charge >= 0.3 is 0 Å². The molecular formula is C12H11ClN4O3S. The van der Waals surface area contributed by atoms with E-state index in [1.165, 1.54) is 0 Å². The fourth-order valence-corrected chi connectivity index (χ4v) is 2.06. The molecule has 0 fully saturated rings. The van der Waals surface area contributed by atoms with Gasteiger partial charge in [0.25, 0.3) is 5.22 Å². The maximum Gasteiger partial charge on any atom is 0.277 e. The molecule has 0 atom stereocenters. The van der Waals surface area contributed by atoms with Crippen LogP contribution in [-0.2, 0) is 9.59 Å². The molecule has 1 heterocycles. The summed E-state index contributed by atoms with van der Waals surface area (Å²) < 4.78 is 5.41. The Labute approximate surface area is 129 Å². The number of amides is 2. The number of thioether (sulfide) groups is 1. The summed E-state index contributed by atoms with van der Waals surface area (Å²) in [4.78, 5) is 21.9. The number of primary amides is 1. The Hall–Kier alpha value is -2.06. The van der Waals surface area contributed by atoms with Gasteiger partial charge in [0.05, 0.1) is 12.3 Å². The highest BCUT2D eigenvalue weighted by atomic mass is 35.5. The van der Waals surface area contributed by atoms with Crippen molar-refractivity contribution in [2.75, 3.05) is 12.3 Å². The van der Waals surface area contributed by atoms with E-state index in [9.17, 15) is 9.59 Å². The molecule has 0 unspecified atom stereocenters. The first-order valence-electron chi connectivity index (χ1n) is 5.82. The highest BCUT2D eigenvalue weighted by Crippen LogP contribution is 2.24. The molecule has 0 bridgehead atoms. The maximum atomic E-state index is 11.4. The van der Waals surface area contributed by atoms with Crippen LogP contribution in [-0.4, -0.2) is 34.3 Å². The Kier molecular flexibility index (Phi) is 5.18. The van der Waals surface area contributed by atoms with Crippen molar-refractivity contribution < 1.29 is 14.0 Å². The summed E-state index contributed by atoms with van der Waals surface area (Å²) in [6, 6.07) is 6.93. The number of halogens is 1. The fourth-order valence-electron chi connectivity index (χ4n) is 1.34. The molecule has 9 heteroatoms. The SMILES string of the molecule is NC(=O)CNC(=O)CSc1nnc(-c2ccc(Cl)cc2)o1. The minimum atomic E-state index is -0.601. The average molecular weight is 327 g/mol. The van der Waals surface area contributed by atoms with E-state index in [1.54, 1.807) is 24.3 Å². The molecule has 0 saturated carbocycles. The molecule has 21 heavy (non-hydrogen) atoms. The van der Waals surface area contributed by atoms with E-state index < -0.39 is 5.91 Å². The van der Waals surface area contributed by atoms with E-state index in [0.717, 1.165) is 17.3 Å². The quantitative estimate of drug-likeness (QED) is 0.768. The van der Waals surface area contributed by atoms with Crippen LogP contribution >= 0.6 is 23.4 Å². The Morgan fingerprint density at radius 2 is 2.00 bits per heavy atom. The number of carbonyl (C=O) groups excluding carboxylic acids is 2. The number of benzene rings is 1. The molecule has 0 spiro atoms. The van der Waals surface area contributed by atoms with Gasteiger partial charge in [0.1, 0.15) is 0 Å². The second kappa shape index (κ2) is 7.09. The van der Waals surface area contributed by atoms with Gasteiger partial charge < -0.3 is 15.5 Å². The Morgan fingerprint density at radius 1 is 1.29 bits per heavy atom. The molecular weight excluding hydrogens is 316 g/mol. The van der Waals surface area contributed by atoms with Crippen molar-refractivity contribution in [3.05, 3.63) is 29.3 Å². The zero-order chi connectivity index (χ0) is 15.2. The molecule has 1 aromatic heterocycles. The molecule has 0 aliphatic heterocycles. The van der Waals surface area contributed by atoms with Crippen molar-refractivity contribution in [2.45, 2.75) is 5.22 Å². The predicted molar refractivity (Wildman–Crippen MR) is 77.7 cm³/mol. The largest absolute Gasteiger partial charge is 0.411 e. The van der Waals surface area contributed by atoms with Crippen molar-refractivity contribution in [3.8, 4) is 11.5 Å². The lowest BCUT2D eigenvalue weighted by Gasteiger charge is -1.99. The Bertz CT molecular complexity index is 644. The van der Waals surface area contributed by atoms with E-state index in [-0.39, 0.29) is 23.4 Å². The van der Waals surface area contributed by atoms with Crippen molar-refractivity contribution in [1.29, 1.82) is 0 Å². The lowest BCUT2D eigenvalue weighted by molar-refractivity contribution is -0.123. The van der Waals surface area contributed by atoms with Crippen LogP contribution in [0.2, 0.25) is 5.02 Å². The molecule has 7 nitrogen and oxygen atoms in total. The third kappa shape index (κ3) is 4.76. The van der Waals surface area contributed by atoms with E-state index in [1.807, 2.05) is 0 Å². The summed E-state index contributed by atoms with van der Waals surface area (Å²) in [7, 11) is 0. The molecule has 2 rings (SSSR count). The third-order valence-corrected chi connectivity index (χ3v) is 3.35. The van der Waals surface area contributed by atoms with Gasteiger partial charge in [-0.2, -0.15) is 0 Å². The van der Waals surface area contributed by atoms with Crippen LogP contribution in [0.3, 0.4) is 0 Å². The number of carbonyl (C=O) groups is 2. The molecule has 2 amide bonds. The van der Waals surface area contributed by atoms with Crippen molar-refractivity contribution in [3.63, 3.8) is 0 Å². The molecule has 3 N–H and O–H groups in total. The number of nitrogens with two attached hydrogens (primary N) is 1. The van der Waals surface area contributed by atoms with Gasteiger partial charge in [-0.05, 0) is 24.3 Å². The Morgan fingerprint density at radius 3 is 2.67 bits per heavy atom. The summed E-state index contributed by atoms with van der Waals surface area (Å²) in [6.07, 6.45) is 0. The average Bonchev–Trinajstić information content (AvgIpc) is 2.92. The molecule has 110 valence electrons. The van der Waals surface area contributed by atoms with Crippen LogP contribution in [0, 0.1) is 0 Å². The van der Waals surface area contributed by atoms with Gasteiger partial charge in [0.2, 0.25) is 17.7 Å². The van der Waals surface area contributed by atoms with Crippen molar-refractivity contribution >= 4 is 35.2 Å². The molecule has 2 aromatic rings. The number of hydrogen-bond acceptors (Lipinski definition) is 6. The number of nitrogens with one attached hydrogen (secondary N) is 1. The number of hydrogen-bond donors (Lipinski definition) is 2. The van der Waals surface area contributed by atoms with Crippen LogP contribution in [0.25, 0.3) is 11.5 Å². The topological polar surface area (TPSA) is 111 Å². The second-order valence-electron chi connectivity index (χ2n) is 3.91. The first kappa shape index (κ1) is 15.3. The van der Waals surface area contributed by atoms with Gasteiger partial charge in [0.15, 0.2) is 0 Å². The second-order valence-corrected chi connectivity index (χ2v) is 5.27. The predicted octanol–water partition coefficient (Wildman–Crippen LogP) is 1.08. The maximum absolute atomic E-state index is 11.4.